The molecule has 0 aliphatic carbocycles. The maximum absolute atomic E-state index is 10.7. The van der Waals surface area contributed by atoms with Gasteiger partial charge in [0, 0.05) is 4.91 Å². The lowest BCUT2D eigenvalue weighted by Crippen LogP contribution is -2.15. The van der Waals surface area contributed by atoms with Gasteiger partial charge in [-0.1, -0.05) is 11.2 Å². The highest BCUT2D eigenvalue weighted by Gasteiger charge is 2.18. The number of aliphatic carboxylic acids is 1. The largest absolute Gasteiger partial charge is 0.486 e. The van der Waals surface area contributed by atoms with Gasteiger partial charge in [0.15, 0.2) is 11.5 Å². The molecule has 1 heterocycles. The average molecular weight is 249 g/mol. The maximum atomic E-state index is 10.7. The van der Waals surface area contributed by atoms with E-state index in [1.807, 2.05) is 0 Å². The third kappa shape index (κ3) is 2.64. The second-order valence-electron chi connectivity index (χ2n) is 3.72. The Morgan fingerprint density at radius 2 is 2.17 bits per heavy atom. The molecule has 94 valence electrons. The molecule has 1 atom stereocenters. The van der Waals surface area contributed by atoms with E-state index in [0.717, 1.165) is 0 Å². The van der Waals surface area contributed by atoms with E-state index in [9.17, 15) is 4.79 Å². The van der Waals surface area contributed by atoms with E-state index >= 15 is 0 Å². The summed E-state index contributed by atoms with van der Waals surface area (Å²) in [5.41, 5.74) is 9.06. The van der Waals surface area contributed by atoms with E-state index in [1.165, 1.54) is 0 Å². The molecule has 0 amide bonds. The quantitative estimate of drug-likeness (QED) is 0.502. The number of rotatable bonds is 4. The third-order valence-electron chi connectivity index (χ3n) is 2.51. The van der Waals surface area contributed by atoms with Crippen LogP contribution in [-0.4, -0.2) is 24.3 Å². The summed E-state index contributed by atoms with van der Waals surface area (Å²) >= 11 is 0. The molecule has 2 rings (SSSR count). The Hall–Kier alpha value is -2.40. The summed E-state index contributed by atoms with van der Waals surface area (Å²) in [6.07, 6.45) is -0.260. The van der Waals surface area contributed by atoms with Crippen LogP contribution >= 0.6 is 0 Å². The Bertz CT molecular complexity index is 511. The van der Waals surface area contributed by atoms with Gasteiger partial charge >= 0.3 is 5.97 Å². The number of carboxylic acid groups (broad SMARTS) is 1. The maximum Gasteiger partial charge on any atom is 0.304 e. The molecule has 0 spiro atoms. The first kappa shape index (κ1) is 12.1. The van der Waals surface area contributed by atoms with Crippen LogP contribution in [0, 0.1) is 0 Å². The van der Waals surface area contributed by atoms with Gasteiger partial charge in [0.2, 0.25) is 0 Å². The summed E-state index contributed by atoms with van der Waals surface area (Å²) in [4.78, 5) is 13.4. The van der Waals surface area contributed by atoms with Gasteiger partial charge in [-0.15, -0.1) is 0 Å². The fourth-order valence-electron chi connectivity index (χ4n) is 1.72. The molecule has 7 nitrogen and oxygen atoms in total. The zero-order chi connectivity index (χ0) is 13.0. The Morgan fingerprint density at radius 1 is 1.44 bits per heavy atom. The number of carbonyl (C=O) groups is 1. The summed E-state index contributed by atoms with van der Waals surface area (Å²) in [6.45, 7) is 0.933. The van der Waals surface area contributed by atoms with E-state index in [2.05, 4.69) is 10.0 Å². The SMILES string of the molecule is [N-]=[N+]=NC(CC(=O)O)c1ccc2c(c1)OCCO2. The predicted molar refractivity (Wildman–Crippen MR) is 61.6 cm³/mol. The normalized spacial score (nSPS) is 14.4. The molecular formula is C11H11N3O4. The lowest BCUT2D eigenvalue weighted by Gasteiger charge is -2.20. The molecule has 1 aromatic carbocycles. The highest BCUT2D eigenvalue weighted by atomic mass is 16.6. The minimum absolute atomic E-state index is 0.260. The number of nitrogens with zero attached hydrogens (tertiary/aromatic N) is 3. The highest BCUT2D eigenvalue weighted by molar-refractivity contribution is 5.68. The van der Waals surface area contributed by atoms with Gasteiger partial charge in [0.1, 0.15) is 13.2 Å². The van der Waals surface area contributed by atoms with Gasteiger partial charge in [0.25, 0.3) is 0 Å². The Labute approximate surface area is 103 Å². The molecular weight excluding hydrogens is 238 g/mol. The zero-order valence-electron chi connectivity index (χ0n) is 9.44. The molecule has 0 fully saturated rings. The van der Waals surface area contributed by atoms with Crippen LogP contribution in [0.1, 0.15) is 18.0 Å². The van der Waals surface area contributed by atoms with Crippen LogP contribution in [0.5, 0.6) is 11.5 Å². The molecule has 0 bridgehead atoms. The smallest absolute Gasteiger partial charge is 0.304 e. The number of carboxylic acids is 1. The van der Waals surface area contributed by atoms with E-state index in [4.69, 9.17) is 20.1 Å². The highest BCUT2D eigenvalue weighted by Crippen LogP contribution is 2.34. The first-order valence-electron chi connectivity index (χ1n) is 5.36. The molecule has 1 unspecified atom stereocenters. The van der Waals surface area contributed by atoms with Gasteiger partial charge in [-0.25, -0.2) is 0 Å². The Balaban J connectivity index is 2.29. The summed E-state index contributed by atoms with van der Waals surface area (Å²) < 4.78 is 10.7. The number of ether oxygens (including phenoxy) is 2. The van der Waals surface area contributed by atoms with Crippen molar-refractivity contribution in [1.29, 1.82) is 0 Å². The van der Waals surface area contributed by atoms with Crippen LogP contribution in [0.4, 0.5) is 0 Å². The summed E-state index contributed by atoms with van der Waals surface area (Å²) in [5.74, 6) is 0.129. The average Bonchev–Trinajstić information content (AvgIpc) is 2.37. The van der Waals surface area contributed by atoms with Gasteiger partial charge < -0.3 is 14.6 Å². The van der Waals surface area contributed by atoms with Crippen molar-refractivity contribution in [3.05, 3.63) is 34.2 Å². The van der Waals surface area contributed by atoms with Gasteiger partial charge in [-0.2, -0.15) is 0 Å². The summed E-state index contributed by atoms with van der Waals surface area (Å²) in [6, 6.07) is 4.27. The second kappa shape index (κ2) is 5.29. The number of hydrogen-bond donors (Lipinski definition) is 1. The Morgan fingerprint density at radius 3 is 2.83 bits per heavy atom. The minimum Gasteiger partial charge on any atom is -0.486 e. The van der Waals surface area contributed by atoms with Crippen molar-refractivity contribution in [2.45, 2.75) is 12.5 Å². The second-order valence-corrected chi connectivity index (χ2v) is 3.72. The molecule has 1 aliphatic heterocycles. The molecule has 1 aliphatic rings. The predicted octanol–water partition coefficient (Wildman–Crippen LogP) is 2.28. The lowest BCUT2D eigenvalue weighted by atomic mass is 10.0. The lowest BCUT2D eigenvalue weighted by molar-refractivity contribution is -0.137. The van der Waals surface area contributed by atoms with Crippen LogP contribution in [0.3, 0.4) is 0 Å². The van der Waals surface area contributed by atoms with Crippen LogP contribution < -0.4 is 9.47 Å². The fourth-order valence-corrected chi connectivity index (χ4v) is 1.72. The van der Waals surface area contributed by atoms with E-state index < -0.39 is 12.0 Å². The summed E-state index contributed by atoms with van der Waals surface area (Å²) in [7, 11) is 0. The van der Waals surface area contributed by atoms with E-state index in [0.29, 0.717) is 30.3 Å². The fraction of sp³-hybridized carbons (Fsp3) is 0.364. The van der Waals surface area contributed by atoms with Crippen molar-refractivity contribution in [3.63, 3.8) is 0 Å². The minimum atomic E-state index is -1.03. The molecule has 0 saturated carbocycles. The van der Waals surface area contributed by atoms with Crippen molar-refractivity contribution in [2.24, 2.45) is 5.11 Å². The molecule has 18 heavy (non-hydrogen) atoms. The summed E-state index contributed by atoms with van der Waals surface area (Å²) in [5, 5.41) is 12.3. The number of fused-ring (bicyclic) bond motifs is 1. The van der Waals surface area contributed by atoms with Gasteiger partial charge in [0.05, 0.1) is 12.5 Å². The van der Waals surface area contributed by atoms with Crippen molar-refractivity contribution < 1.29 is 19.4 Å². The molecule has 0 radical (unpaired) electrons. The molecule has 0 saturated heterocycles. The van der Waals surface area contributed by atoms with Crippen molar-refractivity contribution in [3.8, 4) is 11.5 Å². The zero-order valence-corrected chi connectivity index (χ0v) is 9.44. The standard InChI is InChI=1S/C11H11N3O4/c12-14-13-8(6-11(15)16)7-1-2-9-10(5-7)18-4-3-17-9/h1-2,5,8H,3-4,6H2,(H,15,16). The third-order valence-corrected chi connectivity index (χ3v) is 2.51. The van der Waals surface area contributed by atoms with E-state index in [1.54, 1.807) is 18.2 Å². The van der Waals surface area contributed by atoms with E-state index in [-0.39, 0.29) is 6.42 Å². The first-order valence-corrected chi connectivity index (χ1v) is 5.36. The number of azide groups is 1. The molecule has 7 heteroatoms. The van der Waals surface area contributed by atoms with Crippen molar-refractivity contribution in [1.82, 2.24) is 0 Å². The van der Waals surface area contributed by atoms with Crippen LogP contribution in [0.15, 0.2) is 23.3 Å². The van der Waals surface area contributed by atoms with Crippen LogP contribution in [-0.2, 0) is 4.79 Å². The van der Waals surface area contributed by atoms with Crippen LogP contribution in [0.2, 0.25) is 0 Å². The van der Waals surface area contributed by atoms with Crippen molar-refractivity contribution in [2.75, 3.05) is 13.2 Å². The molecule has 0 aromatic heterocycles. The van der Waals surface area contributed by atoms with Crippen LogP contribution in [0.25, 0.3) is 10.4 Å². The molecule has 1 aromatic rings. The number of hydrogen-bond acceptors (Lipinski definition) is 4. The topological polar surface area (TPSA) is 105 Å². The molecule has 1 N–H and O–H groups in total. The van der Waals surface area contributed by atoms with Gasteiger partial charge in [-0.05, 0) is 23.2 Å². The Kier molecular flexibility index (Phi) is 3.54. The monoisotopic (exact) mass is 249 g/mol. The number of benzene rings is 1. The first-order chi connectivity index (χ1) is 8.70. The van der Waals surface area contributed by atoms with Crippen molar-refractivity contribution >= 4 is 5.97 Å². The van der Waals surface area contributed by atoms with Gasteiger partial charge in [-0.3, -0.25) is 4.79 Å².